The van der Waals surface area contributed by atoms with E-state index in [4.69, 9.17) is 14.7 Å². The van der Waals surface area contributed by atoms with E-state index in [1.807, 2.05) is 18.2 Å². The number of fused-ring (bicyclic) bond motifs is 12. The molecule has 272 valence electrons. The third-order valence-electron chi connectivity index (χ3n) is 12.2. The van der Waals surface area contributed by atoms with Gasteiger partial charge >= 0.3 is 0 Å². The molecule has 4 nitrogen and oxygen atoms in total. The van der Waals surface area contributed by atoms with Crippen LogP contribution in [0.5, 0.6) is 11.5 Å². The number of nitrogens with zero attached hydrogens (tertiary/aromatic N) is 2. The normalized spacial score (nSPS) is 15.7. The predicted molar refractivity (Wildman–Crippen MR) is 236 cm³/mol. The Labute approximate surface area is 336 Å². The van der Waals surface area contributed by atoms with Crippen LogP contribution in [-0.2, 0) is 5.41 Å². The van der Waals surface area contributed by atoms with Gasteiger partial charge in [-0.3, -0.25) is 0 Å². The number of hydrogen-bond donors (Lipinski definition) is 1. The second-order valence-corrected chi connectivity index (χ2v) is 15.3. The van der Waals surface area contributed by atoms with Crippen LogP contribution < -0.4 is 10.1 Å². The molecule has 1 N–H and O–H groups in total. The molecular weight excluding hydrogens is 707 g/mol. The van der Waals surface area contributed by atoms with Gasteiger partial charge < -0.3 is 10.1 Å². The minimum atomic E-state index is -0.490. The number of benzene rings is 9. The van der Waals surface area contributed by atoms with Crippen LogP contribution in [0.1, 0.15) is 45.1 Å². The quantitative estimate of drug-likeness (QED) is 0.183. The van der Waals surface area contributed by atoms with Crippen molar-refractivity contribution in [3.63, 3.8) is 0 Å². The maximum absolute atomic E-state index is 6.83. The van der Waals surface area contributed by atoms with Gasteiger partial charge in [-0.2, -0.15) is 0 Å². The fourth-order valence-electron chi connectivity index (χ4n) is 9.57. The van der Waals surface area contributed by atoms with Gasteiger partial charge in [-0.05, 0) is 84.8 Å². The first kappa shape index (κ1) is 32.7. The highest BCUT2D eigenvalue weighted by Gasteiger charge is 2.50. The van der Waals surface area contributed by atoms with Gasteiger partial charge in [0.15, 0.2) is 6.17 Å². The fourth-order valence-corrected chi connectivity index (χ4v) is 9.57. The zero-order chi connectivity index (χ0) is 38.2. The van der Waals surface area contributed by atoms with E-state index in [-0.39, 0.29) is 0 Å². The van der Waals surface area contributed by atoms with E-state index in [1.54, 1.807) is 0 Å². The molecule has 1 atom stereocenters. The highest BCUT2D eigenvalue weighted by atomic mass is 16.5. The molecule has 9 aromatic carbocycles. The Morgan fingerprint density at radius 3 is 1.83 bits per heavy atom. The van der Waals surface area contributed by atoms with E-state index < -0.39 is 11.6 Å². The van der Waals surface area contributed by atoms with Gasteiger partial charge in [-0.25, -0.2) is 9.98 Å². The molecule has 9 aromatic rings. The summed E-state index contributed by atoms with van der Waals surface area (Å²) in [5, 5.41) is 8.48. The lowest BCUT2D eigenvalue weighted by Crippen LogP contribution is -2.36. The Bertz CT molecular complexity index is 3150. The monoisotopic (exact) mass is 741 g/mol. The summed E-state index contributed by atoms with van der Waals surface area (Å²) in [6, 6.07) is 71.4. The molecule has 0 fully saturated rings. The highest BCUT2D eigenvalue weighted by Crippen LogP contribution is 2.62. The highest BCUT2D eigenvalue weighted by molar-refractivity contribution is 6.17. The summed E-state index contributed by atoms with van der Waals surface area (Å²) in [6.07, 6.45) is -0.450. The molecule has 0 saturated carbocycles. The Kier molecular flexibility index (Phi) is 7.17. The zero-order valence-corrected chi connectivity index (χ0v) is 31.4. The molecule has 2 aliphatic heterocycles. The van der Waals surface area contributed by atoms with E-state index in [0.29, 0.717) is 0 Å². The summed E-state index contributed by atoms with van der Waals surface area (Å²) in [4.78, 5) is 10.5. The minimum absolute atomic E-state index is 0.450. The van der Waals surface area contributed by atoms with Crippen molar-refractivity contribution in [1.29, 1.82) is 0 Å². The Morgan fingerprint density at radius 2 is 1.00 bits per heavy atom. The lowest BCUT2D eigenvalue weighted by Gasteiger charge is -2.39. The first-order valence-electron chi connectivity index (χ1n) is 19.8. The summed E-state index contributed by atoms with van der Waals surface area (Å²) >= 11 is 0. The lowest BCUT2D eigenvalue weighted by atomic mass is 9.66. The molecular formula is C54H35N3O. The molecule has 1 spiro atoms. The molecule has 1 aliphatic carbocycles. The van der Waals surface area contributed by atoms with Crippen molar-refractivity contribution in [3.05, 3.63) is 239 Å². The van der Waals surface area contributed by atoms with Crippen molar-refractivity contribution in [2.75, 3.05) is 0 Å². The molecule has 2 heterocycles. The molecule has 0 amide bonds. The smallest absolute Gasteiger partial charge is 0.169 e. The summed E-state index contributed by atoms with van der Waals surface area (Å²) in [6.45, 7) is 0. The molecule has 58 heavy (non-hydrogen) atoms. The zero-order valence-electron chi connectivity index (χ0n) is 31.4. The van der Waals surface area contributed by atoms with Gasteiger partial charge in [0, 0.05) is 22.3 Å². The van der Waals surface area contributed by atoms with Gasteiger partial charge in [0.2, 0.25) is 0 Å². The van der Waals surface area contributed by atoms with Crippen LogP contribution in [0.15, 0.2) is 210 Å². The van der Waals surface area contributed by atoms with Crippen LogP contribution >= 0.6 is 0 Å². The van der Waals surface area contributed by atoms with Crippen LogP contribution in [0.25, 0.3) is 43.8 Å². The van der Waals surface area contributed by atoms with Crippen molar-refractivity contribution >= 4 is 33.2 Å². The minimum Gasteiger partial charge on any atom is -0.457 e. The van der Waals surface area contributed by atoms with Crippen molar-refractivity contribution in [1.82, 2.24) is 5.32 Å². The van der Waals surface area contributed by atoms with Crippen LogP contribution in [0.4, 0.5) is 0 Å². The lowest BCUT2D eigenvalue weighted by molar-refractivity contribution is 0.436. The first-order chi connectivity index (χ1) is 28.7. The van der Waals surface area contributed by atoms with Crippen molar-refractivity contribution in [2.45, 2.75) is 11.6 Å². The summed E-state index contributed by atoms with van der Waals surface area (Å²) in [7, 11) is 0. The third kappa shape index (κ3) is 4.88. The largest absolute Gasteiger partial charge is 0.457 e. The molecule has 0 bridgehead atoms. The summed E-state index contributed by atoms with van der Waals surface area (Å²) in [5.41, 5.74) is 12.1. The van der Waals surface area contributed by atoms with Gasteiger partial charge in [0.25, 0.3) is 0 Å². The number of aliphatic imine (C=N–C) groups is 2. The average molecular weight is 742 g/mol. The maximum Gasteiger partial charge on any atom is 0.169 e. The van der Waals surface area contributed by atoms with Crippen LogP contribution in [-0.4, -0.2) is 11.7 Å². The van der Waals surface area contributed by atoms with Crippen molar-refractivity contribution in [2.24, 2.45) is 9.98 Å². The SMILES string of the molecule is c1ccc(C2=NC(c3cccc(-c4ccc5c(c4)Oc4ccccc4C54c5ccccc5-c5ccccc54)c3)N=C(c3ccc4c(ccc5ccccc54)c3)N2)cc1. The van der Waals surface area contributed by atoms with Gasteiger partial charge in [0.1, 0.15) is 23.2 Å². The molecule has 12 rings (SSSR count). The Hall–Kier alpha value is -7.56. The van der Waals surface area contributed by atoms with Crippen LogP contribution in [0.2, 0.25) is 0 Å². The molecule has 4 heteroatoms. The second kappa shape index (κ2) is 12.7. The van der Waals surface area contributed by atoms with Gasteiger partial charge in [-0.1, -0.05) is 176 Å². The molecule has 0 aromatic heterocycles. The maximum atomic E-state index is 6.83. The molecule has 1 unspecified atom stereocenters. The number of amidine groups is 2. The predicted octanol–water partition coefficient (Wildman–Crippen LogP) is 12.6. The van der Waals surface area contributed by atoms with E-state index in [9.17, 15) is 0 Å². The molecule has 0 saturated heterocycles. The van der Waals surface area contributed by atoms with E-state index >= 15 is 0 Å². The number of nitrogens with one attached hydrogen (secondary N) is 1. The van der Waals surface area contributed by atoms with Crippen molar-refractivity contribution in [3.8, 4) is 33.8 Å². The number of hydrogen-bond acceptors (Lipinski definition) is 4. The van der Waals surface area contributed by atoms with Gasteiger partial charge in [0.05, 0.1) is 5.41 Å². The van der Waals surface area contributed by atoms with E-state index in [1.165, 1.54) is 49.4 Å². The van der Waals surface area contributed by atoms with Crippen LogP contribution in [0, 0.1) is 0 Å². The van der Waals surface area contributed by atoms with Crippen LogP contribution in [0.3, 0.4) is 0 Å². The standard InChI is InChI=1S/C54H35N3O/c1-2-14-35(15-3-1)51-55-52(57-53(56-51)40-27-29-42-38(32-40)26-25-34-13-4-5-18-41(34)42)39-17-12-16-36(31-39)37-28-30-48-50(33-37)58-49-24-11-10-23-47(49)54(48)45-21-8-6-19-43(45)44-20-7-9-22-46(44)54/h1-33,52H,(H,55,56,57). The number of para-hydroxylation sites is 1. The first-order valence-corrected chi connectivity index (χ1v) is 19.8. The fraction of sp³-hybridized carbons (Fsp3) is 0.0370. The second-order valence-electron chi connectivity index (χ2n) is 15.3. The Morgan fingerprint density at radius 1 is 0.397 bits per heavy atom. The number of rotatable bonds is 4. The van der Waals surface area contributed by atoms with Crippen molar-refractivity contribution < 1.29 is 4.74 Å². The molecule has 3 aliphatic rings. The topological polar surface area (TPSA) is 46.0 Å². The van der Waals surface area contributed by atoms with E-state index in [2.05, 4.69) is 187 Å². The Balaban J connectivity index is 0.969. The third-order valence-corrected chi connectivity index (χ3v) is 12.2. The molecule has 0 radical (unpaired) electrons. The number of ether oxygens (including phenoxy) is 1. The van der Waals surface area contributed by atoms with Gasteiger partial charge in [-0.15, -0.1) is 0 Å². The average Bonchev–Trinajstić information content (AvgIpc) is 3.59. The summed E-state index contributed by atoms with van der Waals surface area (Å²) in [5.74, 6) is 3.34. The summed E-state index contributed by atoms with van der Waals surface area (Å²) < 4.78 is 6.83. The van der Waals surface area contributed by atoms with E-state index in [0.717, 1.165) is 56.6 Å².